The van der Waals surface area contributed by atoms with Crippen molar-refractivity contribution in [2.45, 2.75) is 24.2 Å². The van der Waals surface area contributed by atoms with Crippen molar-refractivity contribution in [2.75, 3.05) is 6.54 Å². The summed E-state index contributed by atoms with van der Waals surface area (Å²) in [6.07, 6.45) is 3.56. The summed E-state index contributed by atoms with van der Waals surface area (Å²) in [6, 6.07) is 0. The van der Waals surface area contributed by atoms with Gasteiger partial charge in [0.1, 0.15) is 4.90 Å². The molecule has 1 heterocycles. The maximum atomic E-state index is 11.7. The summed E-state index contributed by atoms with van der Waals surface area (Å²) in [5.74, 6) is -0.399. The van der Waals surface area contributed by atoms with Gasteiger partial charge in [0.05, 0.1) is 12.4 Å². The normalized spacial score (nSPS) is 11.4. The van der Waals surface area contributed by atoms with Gasteiger partial charge in [-0.25, -0.2) is 23.1 Å². The van der Waals surface area contributed by atoms with Crippen molar-refractivity contribution in [1.29, 1.82) is 0 Å². The van der Waals surface area contributed by atoms with Crippen LogP contribution in [0.1, 0.15) is 19.3 Å². The molecular weight excluding hydrogens is 280 g/mol. The number of carbonyl (C=O) groups excluding carboxylic acids is 1. The molecule has 1 aromatic heterocycles. The number of carbonyl (C=O) groups is 1. The van der Waals surface area contributed by atoms with E-state index in [4.69, 9.17) is 17.3 Å². The first-order chi connectivity index (χ1) is 8.42. The van der Waals surface area contributed by atoms with Crippen LogP contribution in [0.5, 0.6) is 0 Å². The number of primary amides is 1. The van der Waals surface area contributed by atoms with Crippen LogP contribution in [0.3, 0.4) is 0 Å². The van der Waals surface area contributed by atoms with E-state index in [0.29, 0.717) is 12.8 Å². The first-order valence-corrected chi connectivity index (χ1v) is 7.03. The summed E-state index contributed by atoms with van der Waals surface area (Å²) in [7, 11) is -3.63. The van der Waals surface area contributed by atoms with Gasteiger partial charge in [-0.1, -0.05) is 0 Å². The standard InChI is InChI=1S/C9H13ClN4O3S/c10-9-12-5-7(6-13-9)18(16,17)14-4-2-1-3-8(11)15/h5-6,14H,1-4H2,(H2,11,15). The van der Waals surface area contributed by atoms with Gasteiger partial charge >= 0.3 is 0 Å². The van der Waals surface area contributed by atoms with Gasteiger partial charge < -0.3 is 5.73 Å². The minimum atomic E-state index is -3.63. The van der Waals surface area contributed by atoms with Crippen LogP contribution in [0.25, 0.3) is 0 Å². The molecule has 0 aliphatic rings. The first-order valence-electron chi connectivity index (χ1n) is 5.17. The van der Waals surface area contributed by atoms with Gasteiger partial charge in [0.25, 0.3) is 0 Å². The van der Waals surface area contributed by atoms with E-state index in [1.54, 1.807) is 0 Å². The highest BCUT2D eigenvalue weighted by Gasteiger charge is 2.14. The molecule has 18 heavy (non-hydrogen) atoms. The average Bonchev–Trinajstić information content (AvgIpc) is 2.28. The maximum absolute atomic E-state index is 11.7. The molecule has 0 bridgehead atoms. The second-order valence-electron chi connectivity index (χ2n) is 3.51. The van der Waals surface area contributed by atoms with E-state index in [9.17, 15) is 13.2 Å². The Bertz CT molecular complexity index is 503. The fourth-order valence-corrected chi connectivity index (χ4v) is 2.21. The lowest BCUT2D eigenvalue weighted by molar-refractivity contribution is -0.118. The zero-order chi connectivity index (χ0) is 13.6. The SMILES string of the molecule is NC(=O)CCCCNS(=O)(=O)c1cnc(Cl)nc1. The van der Waals surface area contributed by atoms with Crippen molar-refractivity contribution in [3.63, 3.8) is 0 Å². The summed E-state index contributed by atoms with van der Waals surface area (Å²) < 4.78 is 25.8. The number of halogens is 1. The van der Waals surface area contributed by atoms with Crippen LogP contribution in [0, 0.1) is 0 Å². The molecule has 0 aliphatic heterocycles. The number of nitrogens with one attached hydrogen (secondary N) is 1. The van der Waals surface area contributed by atoms with E-state index < -0.39 is 15.9 Å². The highest BCUT2D eigenvalue weighted by Crippen LogP contribution is 2.07. The highest BCUT2D eigenvalue weighted by atomic mass is 35.5. The van der Waals surface area contributed by atoms with E-state index in [-0.39, 0.29) is 23.1 Å². The molecule has 0 spiro atoms. The topological polar surface area (TPSA) is 115 Å². The molecule has 7 nitrogen and oxygen atoms in total. The Hall–Kier alpha value is -1.25. The number of nitrogens with two attached hydrogens (primary N) is 1. The minimum absolute atomic E-state index is 0.0181. The molecule has 0 atom stereocenters. The van der Waals surface area contributed by atoms with Gasteiger partial charge in [-0.05, 0) is 24.4 Å². The number of hydrogen-bond acceptors (Lipinski definition) is 5. The van der Waals surface area contributed by atoms with Gasteiger partial charge in [0.2, 0.25) is 21.2 Å². The second kappa shape index (κ2) is 6.62. The lowest BCUT2D eigenvalue weighted by Gasteiger charge is -2.05. The quantitative estimate of drug-likeness (QED) is 0.545. The molecule has 3 N–H and O–H groups in total. The fraction of sp³-hybridized carbons (Fsp3) is 0.444. The second-order valence-corrected chi connectivity index (χ2v) is 5.61. The van der Waals surface area contributed by atoms with Gasteiger partial charge in [0.15, 0.2) is 0 Å². The van der Waals surface area contributed by atoms with E-state index in [0.717, 1.165) is 12.4 Å². The summed E-state index contributed by atoms with van der Waals surface area (Å²) >= 11 is 5.46. The van der Waals surface area contributed by atoms with Gasteiger partial charge in [-0.3, -0.25) is 4.79 Å². The number of hydrogen-bond donors (Lipinski definition) is 2. The summed E-state index contributed by atoms with van der Waals surface area (Å²) in [4.78, 5) is 17.6. The lowest BCUT2D eigenvalue weighted by Crippen LogP contribution is -2.25. The maximum Gasteiger partial charge on any atom is 0.243 e. The zero-order valence-corrected chi connectivity index (χ0v) is 11.0. The molecule has 0 aliphatic carbocycles. The first kappa shape index (κ1) is 14.8. The van der Waals surface area contributed by atoms with Crippen LogP contribution in [0.15, 0.2) is 17.3 Å². The number of rotatable bonds is 7. The molecule has 9 heteroatoms. The number of amides is 1. The summed E-state index contributed by atoms with van der Waals surface area (Å²) in [6.45, 7) is 0.220. The molecule has 100 valence electrons. The minimum Gasteiger partial charge on any atom is -0.370 e. The number of nitrogens with zero attached hydrogens (tertiary/aromatic N) is 2. The van der Waals surface area contributed by atoms with Crippen LogP contribution in [-0.2, 0) is 14.8 Å². The molecule has 0 radical (unpaired) electrons. The van der Waals surface area contributed by atoms with Crippen LogP contribution in [0.4, 0.5) is 0 Å². The van der Waals surface area contributed by atoms with Crippen LogP contribution < -0.4 is 10.5 Å². The Kier molecular flexibility index (Phi) is 5.45. The Balaban J connectivity index is 2.45. The number of unbranched alkanes of at least 4 members (excludes halogenated alkanes) is 1. The highest BCUT2D eigenvalue weighted by molar-refractivity contribution is 7.89. The molecule has 0 aromatic carbocycles. The summed E-state index contributed by atoms with van der Waals surface area (Å²) in [5, 5.41) is -0.0181. The van der Waals surface area contributed by atoms with Crippen LogP contribution in [0.2, 0.25) is 5.28 Å². The van der Waals surface area contributed by atoms with Crippen molar-refractivity contribution in [3.05, 3.63) is 17.7 Å². The largest absolute Gasteiger partial charge is 0.370 e. The van der Waals surface area contributed by atoms with Gasteiger partial charge in [-0.2, -0.15) is 0 Å². The van der Waals surface area contributed by atoms with E-state index >= 15 is 0 Å². The Labute approximate surface area is 110 Å². The average molecular weight is 293 g/mol. The van der Waals surface area contributed by atoms with Gasteiger partial charge in [-0.15, -0.1) is 0 Å². The molecule has 1 amide bonds. The Morgan fingerprint density at radius 2 is 1.94 bits per heavy atom. The van der Waals surface area contributed by atoms with Crippen molar-refractivity contribution in [2.24, 2.45) is 5.73 Å². The molecule has 0 fully saturated rings. The predicted molar refractivity (Wildman–Crippen MR) is 65.3 cm³/mol. The monoisotopic (exact) mass is 292 g/mol. The molecular formula is C9H13ClN4O3S. The van der Waals surface area contributed by atoms with E-state index in [1.807, 2.05) is 0 Å². The third-order valence-corrected chi connectivity index (χ3v) is 3.66. The molecule has 0 saturated heterocycles. The predicted octanol–water partition coefficient (Wildman–Crippen LogP) is 0.0639. The number of aromatic nitrogens is 2. The third-order valence-electron chi connectivity index (χ3n) is 2.05. The smallest absolute Gasteiger partial charge is 0.243 e. The fourth-order valence-electron chi connectivity index (χ4n) is 1.15. The third kappa shape index (κ3) is 4.94. The zero-order valence-electron chi connectivity index (χ0n) is 9.47. The molecule has 1 rings (SSSR count). The number of sulfonamides is 1. The Morgan fingerprint density at radius 1 is 1.33 bits per heavy atom. The van der Waals surface area contributed by atoms with Crippen molar-refractivity contribution in [1.82, 2.24) is 14.7 Å². The summed E-state index contributed by atoms with van der Waals surface area (Å²) in [5.41, 5.74) is 4.96. The van der Waals surface area contributed by atoms with E-state index in [2.05, 4.69) is 14.7 Å². The van der Waals surface area contributed by atoms with Crippen molar-refractivity contribution >= 4 is 27.5 Å². The lowest BCUT2D eigenvalue weighted by atomic mass is 10.2. The van der Waals surface area contributed by atoms with Crippen LogP contribution >= 0.6 is 11.6 Å². The van der Waals surface area contributed by atoms with E-state index in [1.165, 1.54) is 0 Å². The van der Waals surface area contributed by atoms with Crippen molar-refractivity contribution < 1.29 is 13.2 Å². The molecule has 1 aromatic rings. The molecule has 0 saturated carbocycles. The van der Waals surface area contributed by atoms with Crippen molar-refractivity contribution in [3.8, 4) is 0 Å². The van der Waals surface area contributed by atoms with Crippen LogP contribution in [-0.4, -0.2) is 30.8 Å². The van der Waals surface area contributed by atoms with Gasteiger partial charge in [0, 0.05) is 13.0 Å². The Morgan fingerprint density at radius 3 is 2.50 bits per heavy atom. The molecule has 0 unspecified atom stereocenters.